The van der Waals surface area contributed by atoms with Crippen LogP contribution in [0.5, 0.6) is 0 Å². The minimum atomic E-state index is -0.0190. The smallest absolute Gasteiger partial charge is 0.229 e. The molecule has 1 aliphatic rings. The number of benzene rings is 1. The minimum Gasteiger partial charge on any atom is -0.306 e. The molecule has 0 aliphatic carbocycles. The lowest BCUT2D eigenvalue weighted by Gasteiger charge is -2.27. The molecule has 4 rings (SSSR count). The van der Waals surface area contributed by atoms with E-state index in [1.807, 2.05) is 18.2 Å². The van der Waals surface area contributed by atoms with Crippen LogP contribution in [-0.4, -0.2) is 45.9 Å². The van der Waals surface area contributed by atoms with Crippen molar-refractivity contribution in [1.29, 1.82) is 5.26 Å². The maximum Gasteiger partial charge on any atom is 0.229 e. The first-order chi connectivity index (χ1) is 13.6. The molecule has 0 radical (unpaired) electrons. The quantitative estimate of drug-likeness (QED) is 0.760. The maximum absolute atomic E-state index is 12.5. The number of hydrogen-bond donors (Lipinski definition) is 1. The number of rotatable bonds is 3. The second-order valence-electron chi connectivity index (χ2n) is 7.11. The zero-order valence-corrected chi connectivity index (χ0v) is 15.6. The third-order valence-corrected chi connectivity index (χ3v) is 5.11. The Morgan fingerprint density at radius 3 is 2.79 bits per heavy atom. The predicted octanol–water partition coefficient (Wildman–Crippen LogP) is 2.84. The van der Waals surface area contributed by atoms with E-state index in [-0.39, 0.29) is 11.8 Å². The van der Waals surface area contributed by atoms with Gasteiger partial charge in [-0.3, -0.25) is 15.1 Å². The number of anilines is 1. The lowest BCUT2D eigenvalue weighted by Crippen LogP contribution is -2.36. The highest BCUT2D eigenvalue weighted by molar-refractivity contribution is 5.92. The summed E-state index contributed by atoms with van der Waals surface area (Å²) in [5, 5.41) is 12.8. The van der Waals surface area contributed by atoms with E-state index >= 15 is 0 Å². The lowest BCUT2D eigenvalue weighted by molar-refractivity contribution is -0.121. The van der Waals surface area contributed by atoms with Crippen molar-refractivity contribution in [2.24, 2.45) is 5.92 Å². The zero-order valence-electron chi connectivity index (χ0n) is 15.6. The molecule has 0 bridgehead atoms. The number of amides is 1. The van der Waals surface area contributed by atoms with Gasteiger partial charge in [-0.15, -0.1) is 0 Å². The second kappa shape index (κ2) is 7.71. The van der Waals surface area contributed by atoms with Gasteiger partial charge in [-0.1, -0.05) is 12.1 Å². The van der Waals surface area contributed by atoms with Crippen LogP contribution < -0.4 is 5.32 Å². The summed E-state index contributed by atoms with van der Waals surface area (Å²) in [6, 6.07) is 9.68. The Morgan fingerprint density at radius 1 is 1.18 bits per heavy atom. The van der Waals surface area contributed by atoms with E-state index < -0.39 is 0 Å². The van der Waals surface area contributed by atoms with E-state index in [9.17, 15) is 4.79 Å². The number of nitriles is 1. The van der Waals surface area contributed by atoms with Crippen LogP contribution in [-0.2, 0) is 4.79 Å². The van der Waals surface area contributed by atoms with Crippen molar-refractivity contribution in [3.05, 3.63) is 48.4 Å². The van der Waals surface area contributed by atoms with E-state index in [4.69, 9.17) is 5.26 Å². The summed E-state index contributed by atoms with van der Waals surface area (Å²) >= 11 is 0. The monoisotopic (exact) mass is 372 g/mol. The van der Waals surface area contributed by atoms with E-state index in [2.05, 4.69) is 38.3 Å². The maximum atomic E-state index is 12.5. The number of piperidine rings is 1. The Hall–Kier alpha value is -3.37. The number of hydrogen-bond acceptors (Lipinski definition) is 6. The van der Waals surface area contributed by atoms with Gasteiger partial charge in [0.2, 0.25) is 11.9 Å². The van der Waals surface area contributed by atoms with Gasteiger partial charge in [-0.05, 0) is 50.7 Å². The molecule has 1 fully saturated rings. The number of carbonyl (C=O) groups is 1. The average molecular weight is 372 g/mol. The van der Waals surface area contributed by atoms with Crippen LogP contribution in [0.4, 0.5) is 5.95 Å². The van der Waals surface area contributed by atoms with Crippen LogP contribution in [0.25, 0.3) is 22.0 Å². The van der Waals surface area contributed by atoms with E-state index in [1.54, 1.807) is 18.5 Å². The van der Waals surface area contributed by atoms with Gasteiger partial charge in [0.1, 0.15) is 6.07 Å². The van der Waals surface area contributed by atoms with Gasteiger partial charge in [0.25, 0.3) is 0 Å². The first-order valence-corrected chi connectivity index (χ1v) is 9.24. The summed E-state index contributed by atoms with van der Waals surface area (Å²) in [6.45, 7) is 1.85. The third-order valence-electron chi connectivity index (χ3n) is 5.11. The minimum absolute atomic E-state index is 0.00151. The van der Waals surface area contributed by atoms with Crippen LogP contribution in [0, 0.1) is 17.2 Å². The van der Waals surface area contributed by atoms with Crippen molar-refractivity contribution >= 4 is 22.8 Å². The first kappa shape index (κ1) is 18.0. The predicted molar refractivity (Wildman–Crippen MR) is 106 cm³/mol. The van der Waals surface area contributed by atoms with Crippen molar-refractivity contribution in [3.63, 3.8) is 0 Å². The zero-order chi connectivity index (χ0) is 19.5. The number of likely N-dealkylation sites (tertiary alicyclic amines) is 1. The first-order valence-electron chi connectivity index (χ1n) is 9.24. The van der Waals surface area contributed by atoms with Gasteiger partial charge in [0.05, 0.1) is 11.1 Å². The summed E-state index contributed by atoms with van der Waals surface area (Å²) in [7, 11) is 2.07. The van der Waals surface area contributed by atoms with E-state index in [0.717, 1.165) is 48.0 Å². The fraction of sp³-hybridized carbons (Fsp3) is 0.286. The fourth-order valence-corrected chi connectivity index (χ4v) is 3.41. The normalized spacial score (nSPS) is 15.3. The highest BCUT2D eigenvalue weighted by Gasteiger charge is 2.23. The Kier molecular flexibility index (Phi) is 4.96. The van der Waals surface area contributed by atoms with Crippen LogP contribution in [0.15, 0.2) is 42.9 Å². The van der Waals surface area contributed by atoms with Crippen LogP contribution in [0.3, 0.4) is 0 Å². The Balaban J connectivity index is 1.57. The van der Waals surface area contributed by atoms with E-state index in [0.29, 0.717) is 11.5 Å². The largest absolute Gasteiger partial charge is 0.306 e. The summed E-state index contributed by atoms with van der Waals surface area (Å²) in [6.07, 6.45) is 6.65. The lowest BCUT2D eigenvalue weighted by atomic mass is 9.96. The number of nitrogens with zero attached hydrogens (tertiary/aromatic N) is 5. The molecular weight excluding hydrogens is 352 g/mol. The molecule has 1 amide bonds. The van der Waals surface area contributed by atoms with E-state index in [1.165, 1.54) is 6.20 Å². The number of fused-ring (bicyclic) bond motifs is 1. The molecular formula is C21H20N6O. The number of nitrogens with one attached hydrogen (secondary N) is 1. The molecule has 0 saturated carbocycles. The summed E-state index contributed by atoms with van der Waals surface area (Å²) in [4.78, 5) is 27.7. The standard InChI is InChI=1S/C21H20N6O/c1-27-6-4-15(5-7-27)20(28)26-21-24-13-17-3-2-16(9-19(17)25-21)18-8-14(10-22)11-23-12-18/h2-3,8-9,11-13,15H,4-7H2,1H3,(H,24,25,26,28). The van der Waals surface area contributed by atoms with Gasteiger partial charge < -0.3 is 4.90 Å². The van der Waals surface area contributed by atoms with Gasteiger partial charge in [-0.2, -0.15) is 5.26 Å². The van der Waals surface area contributed by atoms with Crippen LogP contribution in [0.1, 0.15) is 18.4 Å². The number of aromatic nitrogens is 3. The summed E-state index contributed by atoms with van der Waals surface area (Å²) < 4.78 is 0. The summed E-state index contributed by atoms with van der Waals surface area (Å²) in [5.41, 5.74) is 2.99. The molecule has 1 saturated heterocycles. The van der Waals surface area contributed by atoms with Crippen molar-refractivity contribution in [3.8, 4) is 17.2 Å². The fourth-order valence-electron chi connectivity index (χ4n) is 3.41. The topological polar surface area (TPSA) is 94.8 Å². The number of pyridine rings is 1. The van der Waals surface area contributed by atoms with Gasteiger partial charge >= 0.3 is 0 Å². The highest BCUT2D eigenvalue weighted by Crippen LogP contribution is 2.24. The molecule has 7 heteroatoms. The molecule has 1 aromatic carbocycles. The van der Waals surface area contributed by atoms with Crippen molar-refractivity contribution < 1.29 is 4.79 Å². The van der Waals surface area contributed by atoms with Crippen LogP contribution >= 0.6 is 0 Å². The van der Waals surface area contributed by atoms with Gasteiger partial charge in [0.15, 0.2) is 0 Å². The Morgan fingerprint density at radius 2 is 2.00 bits per heavy atom. The van der Waals surface area contributed by atoms with Crippen molar-refractivity contribution in [1.82, 2.24) is 19.9 Å². The van der Waals surface area contributed by atoms with Gasteiger partial charge in [0, 0.05) is 35.5 Å². The molecule has 0 atom stereocenters. The molecule has 7 nitrogen and oxygen atoms in total. The molecule has 0 spiro atoms. The molecule has 0 unspecified atom stereocenters. The van der Waals surface area contributed by atoms with Crippen molar-refractivity contribution in [2.75, 3.05) is 25.5 Å². The molecule has 28 heavy (non-hydrogen) atoms. The van der Waals surface area contributed by atoms with Crippen LogP contribution in [0.2, 0.25) is 0 Å². The molecule has 2 aromatic heterocycles. The number of carbonyl (C=O) groups excluding carboxylic acids is 1. The summed E-state index contributed by atoms with van der Waals surface area (Å²) in [5.74, 6) is 0.300. The Bertz CT molecular complexity index is 1070. The molecule has 3 aromatic rings. The van der Waals surface area contributed by atoms with Crippen molar-refractivity contribution in [2.45, 2.75) is 12.8 Å². The highest BCUT2D eigenvalue weighted by atomic mass is 16.2. The second-order valence-corrected chi connectivity index (χ2v) is 7.11. The van der Waals surface area contributed by atoms with Gasteiger partial charge in [-0.25, -0.2) is 9.97 Å². The molecule has 1 aliphatic heterocycles. The SMILES string of the molecule is CN1CCC(C(=O)Nc2ncc3ccc(-c4cncc(C#N)c4)cc3n2)CC1. The Labute approximate surface area is 163 Å². The molecule has 140 valence electrons. The molecule has 3 heterocycles. The molecule has 1 N–H and O–H groups in total. The average Bonchev–Trinajstić information content (AvgIpc) is 2.73. The third kappa shape index (κ3) is 3.82.